The number of benzene rings is 1. The molecule has 0 aliphatic rings. The van der Waals surface area contributed by atoms with Crippen LogP contribution >= 0.6 is 11.6 Å². The number of aryl methyl sites for hydroxylation is 2. The van der Waals surface area contributed by atoms with E-state index >= 15 is 0 Å². The molecule has 0 fully saturated rings. The molecule has 0 aliphatic heterocycles. The third-order valence-electron chi connectivity index (χ3n) is 3.57. The maximum atomic E-state index is 10.7. The average Bonchev–Trinajstić information content (AvgIpc) is 2.65. The molecule has 1 N–H and O–H groups in total. The summed E-state index contributed by atoms with van der Waals surface area (Å²) in [5.74, 6) is 0.810. The van der Waals surface area contributed by atoms with Gasteiger partial charge in [0, 0.05) is 25.5 Å². The Balaban J connectivity index is 2.13. The second-order valence-electron chi connectivity index (χ2n) is 5.68. The lowest BCUT2D eigenvalue weighted by Crippen LogP contribution is -2.30. The Morgan fingerprint density at radius 2 is 1.90 bits per heavy atom. The normalized spacial score (nSPS) is 14.0. The fraction of sp³-hybridized carbons (Fsp3) is 0.438. The number of aliphatic hydroxyl groups is 1. The largest absolute Gasteiger partial charge is 0.497 e. The fourth-order valence-corrected chi connectivity index (χ4v) is 2.74. The van der Waals surface area contributed by atoms with E-state index in [9.17, 15) is 5.11 Å². The molecule has 0 amide bonds. The number of methoxy groups -OCH3 is 1. The average molecular weight is 309 g/mol. The van der Waals surface area contributed by atoms with Gasteiger partial charge in [-0.25, -0.2) is 0 Å². The van der Waals surface area contributed by atoms with E-state index in [-0.39, 0.29) is 0 Å². The lowest BCUT2D eigenvalue weighted by molar-refractivity contribution is 0.0606. The number of aromatic nitrogens is 2. The molecule has 4 nitrogen and oxygen atoms in total. The SMILES string of the molecule is COc1ccc(CC(C)(O)Cc2c(C)nn(C)c2Cl)cc1. The highest BCUT2D eigenvalue weighted by Gasteiger charge is 2.25. The van der Waals surface area contributed by atoms with Crippen molar-refractivity contribution in [3.8, 4) is 5.75 Å². The van der Waals surface area contributed by atoms with E-state index in [0.717, 1.165) is 22.6 Å². The minimum Gasteiger partial charge on any atom is -0.497 e. The van der Waals surface area contributed by atoms with Crippen molar-refractivity contribution in [2.75, 3.05) is 7.11 Å². The summed E-state index contributed by atoms with van der Waals surface area (Å²) in [6.07, 6.45) is 1.01. The molecule has 1 aromatic carbocycles. The molecular weight excluding hydrogens is 288 g/mol. The van der Waals surface area contributed by atoms with Gasteiger partial charge >= 0.3 is 0 Å². The summed E-state index contributed by atoms with van der Waals surface area (Å²) in [4.78, 5) is 0. The number of hydrogen-bond donors (Lipinski definition) is 1. The first kappa shape index (κ1) is 15.9. The predicted octanol–water partition coefficient (Wildman–Crippen LogP) is 2.93. The predicted molar refractivity (Wildman–Crippen MR) is 84.0 cm³/mol. The van der Waals surface area contributed by atoms with Crippen LogP contribution in [0.5, 0.6) is 5.75 Å². The molecule has 0 bridgehead atoms. The summed E-state index contributed by atoms with van der Waals surface area (Å²) >= 11 is 6.24. The topological polar surface area (TPSA) is 47.3 Å². The number of hydrogen-bond acceptors (Lipinski definition) is 3. The molecule has 0 saturated heterocycles. The summed E-state index contributed by atoms with van der Waals surface area (Å²) in [6.45, 7) is 3.73. The molecule has 2 rings (SSSR count). The molecule has 114 valence electrons. The van der Waals surface area contributed by atoms with E-state index in [2.05, 4.69) is 5.10 Å². The zero-order chi connectivity index (χ0) is 15.6. The highest BCUT2D eigenvalue weighted by molar-refractivity contribution is 6.30. The summed E-state index contributed by atoms with van der Waals surface area (Å²) < 4.78 is 6.77. The number of rotatable bonds is 5. The molecule has 0 spiro atoms. The van der Waals surface area contributed by atoms with Gasteiger partial charge in [0.1, 0.15) is 10.9 Å². The van der Waals surface area contributed by atoms with Gasteiger partial charge in [0.05, 0.1) is 18.4 Å². The summed E-state index contributed by atoms with van der Waals surface area (Å²) in [7, 11) is 3.44. The number of nitrogens with zero attached hydrogens (tertiary/aromatic N) is 2. The van der Waals surface area contributed by atoms with Crippen LogP contribution in [0.15, 0.2) is 24.3 Å². The van der Waals surface area contributed by atoms with Gasteiger partial charge in [-0.15, -0.1) is 0 Å². The van der Waals surface area contributed by atoms with Crippen molar-refractivity contribution in [3.05, 3.63) is 46.2 Å². The standard InChI is InChI=1S/C16H21ClN2O2/c1-11-14(15(17)19(3)18-11)10-16(2,20)9-12-5-7-13(21-4)8-6-12/h5-8,20H,9-10H2,1-4H3. The maximum Gasteiger partial charge on any atom is 0.130 e. The van der Waals surface area contributed by atoms with Crippen LogP contribution in [0.4, 0.5) is 0 Å². The lowest BCUT2D eigenvalue weighted by Gasteiger charge is -2.23. The molecule has 5 heteroatoms. The van der Waals surface area contributed by atoms with Gasteiger partial charge in [0.15, 0.2) is 0 Å². The molecule has 1 atom stereocenters. The maximum absolute atomic E-state index is 10.7. The molecule has 0 radical (unpaired) electrons. The zero-order valence-electron chi connectivity index (χ0n) is 12.9. The second-order valence-corrected chi connectivity index (χ2v) is 6.03. The smallest absolute Gasteiger partial charge is 0.130 e. The lowest BCUT2D eigenvalue weighted by atomic mass is 9.90. The number of halogens is 1. The Morgan fingerprint density at radius 1 is 1.29 bits per heavy atom. The van der Waals surface area contributed by atoms with Crippen LogP contribution in [-0.2, 0) is 19.9 Å². The summed E-state index contributed by atoms with van der Waals surface area (Å²) in [5, 5.41) is 15.5. The molecule has 0 aliphatic carbocycles. The molecular formula is C16H21ClN2O2. The van der Waals surface area contributed by atoms with Crippen molar-refractivity contribution in [1.29, 1.82) is 0 Å². The highest BCUT2D eigenvalue weighted by atomic mass is 35.5. The first-order valence-electron chi connectivity index (χ1n) is 6.85. The second kappa shape index (κ2) is 6.08. The molecule has 21 heavy (non-hydrogen) atoms. The first-order valence-corrected chi connectivity index (χ1v) is 7.23. The van der Waals surface area contributed by atoms with Crippen LogP contribution in [0.1, 0.15) is 23.7 Å². The van der Waals surface area contributed by atoms with Crippen molar-refractivity contribution < 1.29 is 9.84 Å². The van der Waals surface area contributed by atoms with Crippen LogP contribution in [0.3, 0.4) is 0 Å². The van der Waals surface area contributed by atoms with E-state index in [1.54, 1.807) is 18.8 Å². The Bertz CT molecular complexity index is 618. The van der Waals surface area contributed by atoms with Gasteiger partial charge < -0.3 is 9.84 Å². The van der Waals surface area contributed by atoms with Gasteiger partial charge in [-0.2, -0.15) is 5.10 Å². The van der Waals surface area contributed by atoms with E-state index in [4.69, 9.17) is 16.3 Å². The molecule has 0 saturated carbocycles. The molecule has 1 aromatic heterocycles. The Morgan fingerprint density at radius 3 is 2.38 bits per heavy atom. The van der Waals surface area contributed by atoms with Crippen molar-refractivity contribution in [3.63, 3.8) is 0 Å². The van der Waals surface area contributed by atoms with Crippen LogP contribution in [0, 0.1) is 6.92 Å². The molecule has 1 unspecified atom stereocenters. The Labute approximate surface area is 130 Å². The van der Waals surface area contributed by atoms with E-state index in [1.165, 1.54) is 0 Å². The van der Waals surface area contributed by atoms with Crippen LogP contribution in [0.2, 0.25) is 5.15 Å². The molecule has 2 aromatic rings. The van der Waals surface area contributed by atoms with E-state index in [1.807, 2.05) is 38.1 Å². The van der Waals surface area contributed by atoms with Gasteiger partial charge in [-0.1, -0.05) is 23.7 Å². The van der Waals surface area contributed by atoms with Crippen molar-refractivity contribution in [2.45, 2.75) is 32.3 Å². The fourth-order valence-electron chi connectivity index (χ4n) is 2.50. The quantitative estimate of drug-likeness (QED) is 0.924. The van der Waals surface area contributed by atoms with E-state index < -0.39 is 5.60 Å². The van der Waals surface area contributed by atoms with Crippen molar-refractivity contribution >= 4 is 11.6 Å². The van der Waals surface area contributed by atoms with Crippen LogP contribution in [-0.4, -0.2) is 27.6 Å². The minimum absolute atomic E-state index is 0.470. The monoisotopic (exact) mass is 308 g/mol. The van der Waals surface area contributed by atoms with Crippen molar-refractivity contribution in [1.82, 2.24) is 9.78 Å². The summed E-state index contributed by atoms with van der Waals surface area (Å²) in [5.41, 5.74) is 1.93. The van der Waals surface area contributed by atoms with Crippen LogP contribution in [0.25, 0.3) is 0 Å². The Kier molecular flexibility index (Phi) is 4.59. The number of ether oxygens (including phenoxy) is 1. The zero-order valence-corrected chi connectivity index (χ0v) is 13.6. The molecule has 1 heterocycles. The Hall–Kier alpha value is -1.52. The minimum atomic E-state index is -0.883. The van der Waals surface area contributed by atoms with E-state index in [0.29, 0.717) is 18.0 Å². The highest BCUT2D eigenvalue weighted by Crippen LogP contribution is 2.26. The van der Waals surface area contributed by atoms with Gasteiger partial charge in [0.25, 0.3) is 0 Å². The third-order valence-corrected chi connectivity index (χ3v) is 4.04. The first-order chi connectivity index (χ1) is 9.82. The van der Waals surface area contributed by atoms with Gasteiger partial charge in [-0.05, 0) is 31.5 Å². The summed E-state index contributed by atoms with van der Waals surface area (Å²) in [6, 6.07) is 7.72. The van der Waals surface area contributed by atoms with Gasteiger partial charge in [-0.3, -0.25) is 4.68 Å². The van der Waals surface area contributed by atoms with Gasteiger partial charge in [0.2, 0.25) is 0 Å². The van der Waals surface area contributed by atoms with Crippen LogP contribution < -0.4 is 4.74 Å². The third kappa shape index (κ3) is 3.77. The van der Waals surface area contributed by atoms with Crippen molar-refractivity contribution in [2.24, 2.45) is 7.05 Å².